The highest BCUT2D eigenvalue weighted by atomic mass is 16.5. The Morgan fingerprint density at radius 2 is 1.02 bits per heavy atom. The number of nitrogens with one attached hydrogen (secondary N) is 2. The molecule has 0 saturated heterocycles. The lowest BCUT2D eigenvalue weighted by Crippen LogP contribution is -2.46. The Morgan fingerprint density at radius 1 is 0.585 bits per heavy atom. The SMILES string of the molecule is CCCCCCCCCCCCCCCC(=O)OC(CCCCCCCCCCCCCCC)CC(=O)NCC(=O)N[C@@H](Cc1ccccc1)C(=O)O. The number of carbonyl (C=O) groups excluding carboxylic acids is 3. The van der Waals surface area contributed by atoms with Gasteiger partial charge in [0.2, 0.25) is 11.8 Å². The number of unbranched alkanes of at least 4 members (excludes halogenated alkanes) is 24. The first kappa shape index (κ1) is 48.1. The molecule has 0 radical (unpaired) electrons. The van der Waals surface area contributed by atoms with Gasteiger partial charge in [-0.1, -0.05) is 198 Å². The van der Waals surface area contributed by atoms with Gasteiger partial charge in [-0.3, -0.25) is 14.4 Å². The zero-order valence-electron chi connectivity index (χ0n) is 34.0. The van der Waals surface area contributed by atoms with Gasteiger partial charge in [-0.05, 0) is 24.8 Å². The number of carbonyl (C=O) groups is 4. The van der Waals surface area contributed by atoms with Crippen LogP contribution in [0.1, 0.15) is 206 Å². The lowest BCUT2D eigenvalue weighted by Gasteiger charge is -2.18. The number of hydrogen-bond donors (Lipinski definition) is 3. The summed E-state index contributed by atoms with van der Waals surface area (Å²) in [7, 11) is 0. The van der Waals surface area contributed by atoms with Crippen LogP contribution in [0.2, 0.25) is 0 Å². The lowest BCUT2D eigenvalue weighted by molar-refractivity contribution is -0.151. The third-order valence-corrected chi connectivity index (χ3v) is 10.2. The molecule has 0 aliphatic heterocycles. The molecule has 0 heterocycles. The summed E-state index contributed by atoms with van der Waals surface area (Å²) < 4.78 is 5.83. The quantitative estimate of drug-likeness (QED) is 0.0461. The molecule has 8 heteroatoms. The van der Waals surface area contributed by atoms with Crippen LogP contribution in [0.4, 0.5) is 0 Å². The molecule has 304 valence electrons. The Morgan fingerprint density at radius 3 is 1.47 bits per heavy atom. The molecule has 0 spiro atoms. The summed E-state index contributed by atoms with van der Waals surface area (Å²) in [6, 6.07) is 7.99. The maximum Gasteiger partial charge on any atom is 0.326 e. The number of rotatable bonds is 37. The van der Waals surface area contributed by atoms with E-state index in [1.807, 2.05) is 18.2 Å². The summed E-state index contributed by atoms with van der Waals surface area (Å²) in [6.45, 7) is 4.17. The summed E-state index contributed by atoms with van der Waals surface area (Å²) in [5.74, 6) is -2.36. The van der Waals surface area contributed by atoms with Gasteiger partial charge in [0.1, 0.15) is 12.1 Å². The van der Waals surface area contributed by atoms with Gasteiger partial charge in [0, 0.05) is 12.8 Å². The minimum Gasteiger partial charge on any atom is -0.480 e. The smallest absolute Gasteiger partial charge is 0.326 e. The first-order chi connectivity index (χ1) is 25.8. The summed E-state index contributed by atoms with van der Waals surface area (Å²) in [4.78, 5) is 50.0. The first-order valence-corrected chi connectivity index (χ1v) is 21.9. The van der Waals surface area contributed by atoms with E-state index in [4.69, 9.17) is 4.74 Å². The topological polar surface area (TPSA) is 122 Å². The molecule has 8 nitrogen and oxygen atoms in total. The van der Waals surface area contributed by atoms with Crippen molar-refractivity contribution in [1.29, 1.82) is 0 Å². The molecule has 0 aliphatic rings. The number of ether oxygens (including phenoxy) is 1. The van der Waals surface area contributed by atoms with Crippen LogP contribution < -0.4 is 10.6 Å². The zero-order valence-corrected chi connectivity index (χ0v) is 34.0. The average molecular weight is 743 g/mol. The molecule has 53 heavy (non-hydrogen) atoms. The average Bonchev–Trinajstić information content (AvgIpc) is 3.14. The molecule has 1 rings (SSSR count). The van der Waals surface area contributed by atoms with Crippen molar-refractivity contribution in [2.45, 2.75) is 219 Å². The Kier molecular flexibility index (Phi) is 31.6. The van der Waals surface area contributed by atoms with Gasteiger partial charge in [-0.2, -0.15) is 0 Å². The van der Waals surface area contributed by atoms with E-state index < -0.39 is 24.0 Å². The van der Waals surface area contributed by atoms with E-state index in [0.29, 0.717) is 12.8 Å². The van der Waals surface area contributed by atoms with Crippen LogP contribution in [0.25, 0.3) is 0 Å². The van der Waals surface area contributed by atoms with E-state index in [0.717, 1.165) is 44.1 Å². The van der Waals surface area contributed by atoms with Crippen molar-refractivity contribution >= 4 is 23.8 Å². The van der Waals surface area contributed by atoms with Crippen molar-refractivity contribution in [2.24, 2.45) is 0 Å². The Balaban J connectivity index is 2.41. The zero-order chi connectivity index (χ0) is 38.6. The molecule has 0 aromatic heterocycles. The first-order valence-electron chi connectivity index (χ1n) is 21.9. The molecular formula is C45H78N2O6. The molecule has 1 unspecified atom stereocenters. The molecule has 2 amide bonds. The van der Waals surface area contributed by atoms with Crippen LogP contribution in [0.15, 0.2) is 30.3 Å². The van der Waals surface area contributed by atoms with Gasteiger partial charge in [0.25, 0.3) is 0 Å². The number of carboxylic acids is 1. The Hall–Kier alpha value is -2.90. The van der Waals surface area contributed by atoms with E-state index >= 15 is 0 Å². The summed E-state index contributed by atoms with van der Waals surface area (Å²) >= 11 is 0. The van der Waals surface area contributed by atoms with Crippen molar-refractivity contribution in [3.63, 3.8) is 0 Å². The van der Waals surface area contributed by atoms with E-state index in [2.05, 4.69) is 24.5 Å². The minimum atomic E-state index is -1.14. The maximum absolute atomic E-state index is 12.9. The Labute approximate surface area is 323 Å². The third-order valence-electron chi connectivity index (χ3n) is 10.2. The molecule has 3 N–H and O–H groups in total. The van der Waals surface area contributed by atoms with Crippen LogP contribution >= 0.6 is 0 Å². The minimum absolute atomic E-state index is 0.0117. The fourth-order valence-corrected chi connectivity index (χ4v) is 6.88. The van der Waals surface area contributed by atoms with Crippen LogP contribution in [-0.4, -0.2) is 47.6 Å². The summed E-state index contributed by atoms with van der Waals surface area (Å²) in [5.41, 5.74) is 0.792. The van der Waals surface area contributed by atoms with Gasteiger partial charge in [0.15, 0.2) is 0 Å². The van der Waals surface area contributed by atoms with E-state index in [1.54, 1.807) is 12.1 Å². The Bertz CT molecular complexity index is 1050. The fourth-order valence-electron chi connectivity index (χ4n) is 6.88. The maximum atomic E-state index is 12.9. The standard InChI is InChI=1S/C45H78N2O6/c1-3-5-7-9-11-13-15-17-19-21-23-25-30-34-40(53-44(50)35-31-26-24-22-20-18-16-14-12-10-8-6-4-2)37-42(48)46-38-43(49)47-41(45(51)52)36-39-32-28-27-29-33-39/h27-29,32-33,40-41H,3-26,30-31,34-38H2,1-2H3,(H,46,48)(H,47,49)(H,51,52)/t40?,41-/m0/s1. The number of aliphatic carboxylic acids is 1. The van der Waals surface area contributed by atoms with E-state index in [-0.39, 0.29) is 31.3 Å². The van der Waals surface area contributed by atoms with Crippen molar-refractivity contribution in [3.05, 3.63) is 35.9 Å². The monoisotopic (exact) mass is 743 g/mol. The van der Waals surface area contributed by atoms with Crippen molar-refractivity contribution in [1.82, 2.24) is 10.6 Å². The third kappa shape index (κ3) is 30.2. The van der Waals surface area contributed by atoms with Gasteiger partial charge < -0.3 is 20.5 Å². The van der Waals surface area contributed by atoms with E-state index in [1.165, 1.54) is 128 Å². The second kappa shape index (κ2) is 34.8. The van der Waals surface area contributed by atoms with Crippen LogP contribution in [-0.2, 0) is 30.3 Å². The molecule has 2 atom stereocenters. The molecule has 0 bridgehead atoms. The number of benzene rings is 1. The molecule has 0 saturated carbocycles. The molecule has 0 aliphatic carbocycles. The highest BCUT2D eigenvalue weighted by Crippen LogP contribution is 2.17. The lowest BCUT2D eigenvalue weighted by atomic mass is 10.0. The normalized spacial score (nSPS) is 12.3. The van der Waals surface area contributed by atoms with Crippen molar-refractivity contribution in [2.75, 3.05) is 6.54 Å². The fraction of sp³-hybridized carbons (Fsp3) is 0.778. The predicted octanol–water partition coefficient (Wildman–Crippen LogP) is 11.2. The molecule has 0 fully saturated rings. The summed E-state index contributed by atoms with van der Waals surface area (Å²) in [6.07, 6.45) is 32.9. The summed E-state index contributed by atoms with van der Waals surface area (Å²) in [5, 5.41) is 14.7. The van der Waals surface area contributed by atoms with Gasteiger partial charge in [-0.25, -0.2) is 4.79 Å². The van der Waals surface area contributed by atoms with Crippen LogP contribution in [0, 0.1) is 0 Å². The van der Waals surface area contributed by atoms with E-state index in [9.17, 15) is 24.3 Å². The van der Waals surface area contributed by atoms with Crippen molar-refractivity contribution < 1.29 is 29.0 Å². The number of hydrogen-bond acceptors (Lipinski definition) is 5. The van der Waals surface area contributed by atoms with Gasteiger partial charge >= 0.3 is 11.9 Å². The van der Waals surface area contributed by atoms with Crippen LogP contribution in [0.3, 0.4) is 0 Å². The molecule has 1 aromatic rings. The number of carboxylic acid groups (broad SMARTS) is 1. The largest absolute Gasteiger partial charge is 0.480 e. The van der Waals surface area contributed by atoms with Gasteiger partial charge in [0.05, 0.1) is 13.0 Å². The molecule has 1 aromatic carbocycles. The second-order valence-corrected chi connectivity index (χ2v) is 15.3. The van der Waals surface area contributed by atoms with Crippen LogP contribution in [0.5, 0.6) is 0 Å². The highest BCUT2D eigenvalue weighted by Gasteiger charge is 2.22. The number of amides is 2. The van der Waals surface area contributed by atoms with Crippen molar-refractivity contribution in [3.8, 4) is 0 Å². The predicted molar refractivity (Wildman–Crippen MR) is 218 cm³/mol. The number of esters is 1. The molecular weight excluding hydrogens is 665 g/mol. The highest BCUT2D eigenvalue weighted by molar-refractivity contribution is 5.88. The van der Waals surface area contributed by atoms with Gasteiger partial charge in [-0.15, -0.1) is 0 Å². The second-order valence-electron chi connectivity index (χ2n) is 15.3.